The lowest BCUT2D eigenvalue weighted by Crippen LogP contribution is -1.98. The molecule has 0 spiro atoms. The fourth-order valence-corrected chi connectivity index (χ4v) is 2.94. The Morgan fingerprint density at radius 3 is 2.38 bits per heavy atom. The second-order valence-electron chi connectivity index (χ2n) is 4.91. The van der Waals surface area contributed by atoms with Gasteiger partial charge in [-0.15, -0.1) is 0 Å². The topological polar surface area (TPSA) is 68.3 Å². The van der Waals surface area contributed by atoms with Crippen LogP contribution in [0.3, 0.4) is 0 Å². The monoisotopic (exact) mass is 372 g/mol. The van der Waals surface area contributed by atoms with Crippen LogP contribution in [-0.2, 0) is 0 Å². The van der Waals surface area contributed by atoms with Crippen molar-refractivity contribution in [2.75, 3.05) is 26.6 Å². The maximum atomic E-state index is 5.38. The van der Waals surface area contributed by atoms with Crippen LogP contribution in [0.25, 0.3) is 10.9 Å². The Morgan fingerprint density at radius 2 is 1.69 bits per heavy atom. The number of rotatable bonds is 6. The molecule has 1 aromatic heterocycles. The molecule has 138 valence electrons. The highest BCUT2D eigenvalue weighted by atomic mass is 32.2. The number of aromatic nitrogens is 2. The first-order valence-corrected chi connectivity index (χ1v) is 9.14. The molecule has 0 aliphatic carbocycles. The molecule has 26 heavy (non-hydrogen) atoms. The Hall–Kier alpha value is -2.51. The minimum atomic E-state index is 0.641. The molecule has 0 saturated heterocycles. The standard InChI is InChI=1S/C17H18N4O2S.C2H6/c1-18-24-12-6-4-5-11(7-12)21-17-13-8-15(22-2)16(23-3)9-14(13)19-10-20-17;1-2/h4-10,18H,1-3H3,(H,19,20,21);1-2H3. The number of benzene rings is 2. The van der Waals surface area contributed by atoms with Gasteiger partial charge >= 0.3 is 0 Å². The molecule has 0 amide bonds. The van der Waals surface area contributed by atoms with E-state index in [-0.39, 0.29) is 0 Å². The molecule has 7 heteroatoms. The first-order valence-electron chi connectivity index (χ1n) is 8.32. The largest absolute Gasteiger partial charge is 0.493 e. The van der Waals surface area contributed by atoms with Crippen molar-refractivity contribution in [3.8, 4) is 11.5 Å². The molecule has 3 aromatic rings. The number of anilines is 2. The van der Waals surface area contributed by atoms with Crippen molar-refractivity contribution < 1.29 is 9.47 Å². The van der Waals surface area contributed by atoms with Gasteiger partial charge in [0.15, 0.2) is 11.5 Å². The van der Waals surface area contributed by atoms with Crippen molar-refractivity contribution in [2.45, 2.75) is 18.7 Å². The van der Waals surface area contributed by atoms with Crippen molar-refractivity contribution in [3.05, 3.63) is 42.7 Å². The van der Waals surface area contributed by atoms with Gasteiger partial charge in [0.25, 0.3) is 0 Å². The van der Waals surface area contributed by atoms with Gasteiger partial charge in [0.1, 0.15) is 12.1 Å². The van der Waals surface area contributed by atoms with Gasteiger partial charge in [0, 0.05) is 22.0 Å². The lowest BCUT2D eigenvalue weighted by atomic mass is 10.2. The zero-order valence-electron chi connectivity index (χ0n) is 15.7. The van der Waals surface area contributed by atoms with Crippen molar-refractivity contribution >= 4 is 34.4 Å². The van der Waals surface area contributed by atoms with E-state index in [1.54, 1.807) is 26.2 Å². The van der Waals surface area contributed by atoms with E-state index in [0.29, 0.717) is 17.3 Å². The average molecular weight is 372 g/mol. The molecule has 0 aliphatic heterocycles. The molecular weight excluding hydrogens is 348 g/mol. The summed E-state index contributed by atoms with van der Waals surface area (Å²) in [7, 11) is 5.11. The first-order chi connectivity index (χ1) is 12.7. The van der Waals surface area contributed by atoms with Gasteiger partial charge in [-0.2, -0.15) is 0 Å². The Balaban J connectivity index is 0.00000117. The Kier molecular flexibility index (Phi) is 7.50. The summed E-state index contributed by atoms with van der Waals surface area (Å²) in [6, 6.07) is 11.8. The van der Waals surface area contributed by atoms with Gasteiger partial charge in [-0.3, -0.25) is 4.72 Å². The molecule has 0 bridgehead atoms. The summed E-state index contributed by atoms with van der Waals surface area (Å²) in [4.78, 5) is 9.79. The second kappa shape index (κ2) is 9.84. The van der Waals surface area contributed by atoms with E-state index in [4.69, 9.17) is 9.47 Å². The normalized spacial score (nSPS) is 10.0. The predicted molar refractivity (Wildman–Crippen MR) is 109 cm³/mol. The number of fused-ring (bicyclic) bond motifs is 1. The van der Waals surface area contributed by atoms with Crippen LogP contribution in [0.15, 0.2) is 47.6 Å². The molecule has 3 rings (SSSR count). The zero-order valence-corrected chi connectivity index (χ0v) is 16.5. The molecule has 0 saturated carbocycles. The van der Waals surface area contributed by atoms with Crippen LogP contribution in [0.2, 0.25) is 0 Å². The third kappa shape index (κ3) is 4.56. The molecule has 0 fully saturated rings. The van der Waals surface area contributed by atoms with Gasteiger partial charge in [0.05, 0.1) is 19.7 Å². The van der Waals surface area contributed by atoms with Crippen LogP contribution in [-0.4, -0.2) is 31.2 Å². The van der Waals surface area contributed by atoms with Crippen molar-refractivity contribution in [1.82, 2.24) is 14.7 Å². The van der Waals surface area contributed by atoms with Crippen LogP contribution in [0.4, 0.5) is 11.5 Å². The number of nitrogens with one attached hydrogen (secondary N) is 2. The summed E-state index contributed by atoms with van der Waals surface area (Å²) in [5, 5.41) is 4.21. The van der Waals surface area contributed by atoms with Gasteiger partial charge in [-0.1, -0.05) is 19.9 Å². The number of methoxy groups -OCH3 is 2. The van der Waals surface area contributed by atoms with Crippen molar-refractivity contribution in [3.63, 3.8) is 0 Å². The van der Waals surface area contributed by atoms with E-state index in [1.165, 1.54) is 6.33 Å². The second-order valence-corrected chi connectivity index (χ2v) is 5.99. The molecule has 2 aromatic carbocycles. The molecule has 0 atom stereocenters. The van der Waals surface area contributed by atoms with Gasteiger partial charge in [0.2, 0.25) is 0 Å². The summed E-state index contributed by atoms with van der Waals surface area (Å²) >= 11 is 1.56. The third-order valence-corrected chi connectivity index (χ3v) is 4.15. The number of ether oxygens (including phenoxy) is 2. The molecule has 2 N–H and O–H groups in total. The minimum Gasteiger partial charge on any atom is -0.493 e. The summed E-state index contributed by atoms with van der Waals surface area (Å²) in [5.74, 6) is 2.00. The van der Waals surface area contributed by atoms with E-state index in [1.807, 2.05) is 51.2 Å². The molecule has 1 heterocycles. The van der Waals surface area contributed by atoms with Crippen LogP contribution >= 0.6 is 11.9 Å². The third-order valence-electron chi connectivity index (χ3n) is 3.46. The van der Waals surface area contributed by atoms with Crippen LogP contribution in [0.1, 0.15) is 13.8 Å². The lowest BCUT2D eigenvalue weighted by molar-refractivity contribution is 0.356. The average Bonchev–Trinajstić information content (AvgIpc) is 2.69. The van der Waals surface area contributed by atoms with Gasteiger partial charge in [-0.05, 0) is 43.3 Å². The first kappa shape index (κ1) is 19.8. The fourth-order valence-electron chi connectivity index (χ4n) is 2.37. The molecule has 0 unspecified atom stereocenters. The highest BCUT2D eigenvalue weighted by Crippen LogP contribution is 2.34. The van der Waals surface area contributed by atoms with Crippen molar-refractivity contribution in [1.29, 1.82) is 0 Å². The summed E-state index contributed by atoms with van der Waals surface area (Å²) in [5.41, 5.74) is 1.73. The number of hydrogen-bond donors (Lipinski definition) is 2. The highest BCUT2D eigenvalue weighted by molar-refractivity contribution is 7.97. The fraction of sp³-hybridized carbons (Fsp3) is 0.263. The van der Waals surface area contributed by atoms with Crippen LogP contribution in [0, 0.1) is 0 Å². The maximum absolute atomic E-state index is 5.38. The molecule has 6 nitrogen and oxygen atoms in total. The van der Waals surface area contributed by atoms with Crippen LogP contribution in [0.5, 0.6) is 11.5 Å². The Morgan fingerprint density at radius 1 is 0.962 bits per heavy atom. The minimum absolute atomic E-state index is 0.641. The maximum Gasteiger partial charge on any atom is 0.162 e. The Labute approximate surface area is 158 Å². The summed E-state index contributed by atoms with van der Waals surface area (Å²) in [6.07, 6.45) is 1.53. The SMILES string of the molecule is CC.CNSc1cccc(Nc2ncnc3cc(OC)c(OC)cc23)c1. The lowest BCUT2D eigenvalue weighted by Gasteiger charge is -2.12. The number of nitrogens with zero attached hydrogens (tertiary/aromatic N) is 2. The zero-order chi connectivity index (χ0) is 18.9. The smallest absolute Gasteiger partial charge is 0.162 e. The molecule has 0 radical (unpaired) electrons. The van der Waals surface area contributed by atoms with E-state index in [0.717, 1.165) is 21.5 Å². The van der Waals surface area contributed by atoms with Crippen LogP contribution < -0.4 is 19.5 Å². The van der Waals surface area contributed by atoms with Gasteiger partial charge in [-0.25, -0.2) is 9.97 Å². The van der Waals surface area contributed by atoms with Crippen molar-refractivity contribution in [2.24, 2.45) is 0 Å². The van der Waals surface area contributed by atoms with E-state index >= 15 is 0 Å². The highest BCUT2D eigenvalue weighted by Gasteiger charge is 2.11. The molecule has 0 aliphatic rings. The predicted octanol–water partition coefficient (Wildman–Crippen LogP) is 4.64. The number of hydrogen-bond acceptors (Lipinski definition) is 7. The summed E-state index contributed by atoms with van der Waals surface area (Å²) < 4.78 is 13.8. The van der Waals surface area contributed by atoms with E-state index < -0.39 is 0 Å². The quantitative estimate of drug-likeness (QED) is 0.611. The van der Waals surface area contributed by atoms with E-state index in [9.17, 15) is 0 Å². The van der Waals surface area contributed by atoms with E-state index in [2.05, 4.69) is 26.1 Å². The molecular formula is C19H24N4O2S. The van der Waals surface area contributed by atoms with Gasteiger partial charge < -0.3 is 14.8 Å². The summed E-state index contributed by atoms with van der Waals surface area (Å²) in [6.45, 7) is 4.00. The Bertz CT molecular complexity index is 858.